The number of rotatable bonds is 5. The zero-order valence-corrected chi connectivity index (χ0v) is 13.0. The van der Waals surface area contributed by atoms with Crippen LogP contribution in [0.2, 0.25) is 0 Å². The number of aliphatic carboxylic acids is 1. The normalized spacial score (nSPS) is 24.2. The van der Waals surface area contributed by atoms with Gasteiger partial charge in [-0.1, -0.05) is 12.8 Å². The number of carbonyl (C=O) groups excluding carboxylic acids is 1. The molecule has 21 heavy (non-hydrogen) atoms. The van der Waals surface area contributed by atoms with E-state index in [0.29, 0.717) is 32.2 Å². The van der Waals surface area contributed by atoms with E-state index in [0.717, 1.165) is 12.8 Å². The molecule has 1 aliphatic heterocycles. The molecule has 1 heterocycles. The van der Waals surface area contributed by atoms with Crippen LogP contribution in [-0.2, 0) is 19.4 Å². The number of likely N-dealkylation sites (tertiary alicyclic amines) is 1. The monoisotopic (exact) mass is 317 g/mol. The first-order valence-electron chi connectivity index (χ1n) is 7.62. The Bertz CT molecular complexity index is 495. The predicted octanol–water partition coefficient (Wildman–Crippen LogP) is 1.06. The summed E-state index contributed by atoms with van der Waals surface area (Å²) in [7, 11) is -3.19. The van der Waals surface area contributed by atoms with Crippen molar-refractivity contribution in [3.63, 3.8) is 0 Å². The number of carboxylic acid groups (broad SMARTS) is 1. The molecule has 120 valence electrons. The number of hydrogen-bond donors (Lipinski definition) is 1. The molecule has 1 N–H and O–H groups in total. The molecule has 1 saturated heterocycles. The molecule has 1 saturated carbocycles. The van der Waals surface area contributed by atoms with Gasteiger partial charge in [0.05, 0.1) is 16.9 Å². The van der Waals surface area contributed by atoms with Crippen LogP contribution in [0.4, 0.5) is 0 Å². The summed E-state index contributed by atoms with van der Waals surface area (Å²) in [6.07, 6.45) is 4.54. The van der Waals surface area contributed by atoms with Gasteiger partial charge in [0.1, 0.15) is 0 Å². The number of amides is 1. The van der Waals surface area contributed by atoms with Crippen LogP contribution in [0, 0.1) is 5.92 Å². The fourth-order valence-electron chi connectivity index (χ4n) is 3.21. The second-order valence-corrected chi connectivity index (χ2v) is 8.44. The first kappa shape index (κ1) is 16.3. The minimum Gasteiger partial charge on any atom is -0.481 e. The third-order valence-corrected chi connectivity index (χ3v) is 6.79. The maximum absolute atomic E-state index is 12.1. The Morgan fingerprint density at radius 1 is 1.10 bits per heavy atom. The van der Waals surface area contributed by atoms with Gasteiger partial charge in [-0.25, -0.2) is 8.42 Å². The molecule has 2 rings (SSSR count). The van der Waals surface area contributed by atoms with Crippen LogP contribution in [0.1, 0.15) is 44.9 Å². The van der Waals surface area contributed by atoms with E-state index in [1.807, 2.05) is 0 Å². The van der Waals surface area contributed by atoms with Crippen LogP contribution < -0.4 is 0 Å². The van der Waals surface area contributed by atoms with Gasteiger partial charge in [-0.15, -0.1) is 0 Å². The average molecular weight is 317 g/mol. The van der Waals surface area contributed by atoms with E-state index in [9.17, 15) is 18.0 Å². The lowest BCUT2D eigenvalue weighted by molar-refractivity contribution is -0.145. The zero-order valence-electron chi connectivity index (χ0n) is 12.2. The lowest BCUT2D eigenvalue weighted by Crippen LogP contribution is -2.43. The molecule has 0 bridgehead atoms. The minimum atomic E-state index is -3.19. The van der Waals surface area contributed by atoms with Crippen LogP contribution in [0.25, 0.3) is 0 Å². The van der Waals surface area contributed by atoms with E-state index in [4.69, 9.17) is 5.11 Å². The Balaban J connectivity index is 1.85. The molecule has 2 fully saturated rings. The van der Waals surface area contributed by atoms with Crippen molar-refractivity contribution >= 4 is 21.7 Å². The average Bonchev–Trinajstić information content (AvgIpc) is 3.00. The van der Waals surface area contributed by atoms with Crippen LogP contribution in [0.3, 0.4) is 0 Å². The summed E-state index contributed by atoms with van der Waals surface area (Å²) in [6, 6.07) is 0. The second kappa shape index (κ2) is 6.77. The quantitative estimate of drug-likeness (QED) is 0.818. The molecule has 1 amide bonds. The highest BCUT2D eigenvalue weighted by atomic mass is 32.2. The molecule has 0 spiro atoms. The molecule has 6 nitrogen and oxygen atoms in total. The number of nitrogens with zero attached hydrogens (tertiary/aromatic N) is 1. The van der Waals surface area contributed by atoms with E-state index in [-0.39, 0.29) is 29.9 Å². The highest BCUT2D eigenvalue weighted by Gasteiger charge is 2.31. The Morgan fingerprint density at radius 2 is 1.76 bits per heavy atom. The lowest BCUT2D eigenvalue weighted by Gasteiger charge is -2.30. The van der Waals surface area contributed by atoms with E-state index in [1.165, 1.54) is 4.90 Å². The van der Waals surface area contributed by atoms with Crippen molar-refractivity contribution in [1.82, 2.24) is 4.90 Å². The highest BCUT2D eigenvalue weighted by molar-refractivity contribution is 7.92. The van der Waals surface area contributed by atoms with Crippen molar-refractivity contribution in [1.29, 1.82) is 0 Å². The summed E-state index contributed by atoms with van der Waals surface area (Å²) in [5.74, 6) is -1.74. The van der Waals surface area contributed by atoms with Gasteiger partial charge in [0.2, 0.25) is 5.91 Å². The van der Waals surface area contributed by atoms with Gasteiger partial charge in [-0.2, -0.15) is 0 Å². The van der Waals surface area contributed by atoms with Crippen molar-refractivity contribution in [3.05, 3.63) is 0 Å². The summed E-state index contributed by atoms with van der Waals surface area (Å²) in [5, 5.41) is 8.73. The third kappa shape index (κ3) is 4.18. The molecule has 1 atom stereocenters. The number of sulfone groups is 1. The summed E-state index contributed by atoms with van der Waals surface area (Å²) < 4.78 is 24.3. The number of carboxylic acids is 1. The molecule has 0 aromatic carbocycles. The Kier molecular flexibility index (Phi) is 5.24. The first-order chi connectivity index (χ1) is 9.90. The zero-order chi connectivity index (χ0) is 15.5. The Hall–Kier alpha value is -1.11. The number of hydrogen-bond acceptors (Lipinski definition) is 4. The number of piperidine rings is 1. The first-order valence-corrected chi connectivity index (χ1v) is 9.34. The smallest absolute Gasteiger partial charge is 0.308 e. The van der Waals surface area contributed by atoms with E-state index < -0.39 is 21.7 Å². The molecule has 1 aliphatic carbocycles. The van der Waals surface area contributed by atoms with Crippen LogP contribution in [0.15, 0.2) is 0 Å². The summed E-state index contributed by atoms with van der Waals surface area (Å²) in [5.41, 5.74) is 0. The summed E-state index contributed by atoms with van der Waals surface area (Å²) >= 11 is 0. The fraction of sp³-hybridized carbons (Fsp3) is 0.857. The van der Waals surface area contributed by atoms with E-state index in [1.54, 1.807) is 0 Å². The maximum atomic E-state index is 12.1. The SMILES string of the molecule is O=C(O)[C@H]1CCCN(C(=O)CCS(=O)(=O)C2CCCC2)C1. The maximum Gasteiger partial charge on any atom is 0.308 e. The number of carbonyl (C=O) groups is 2. The van der Waals surface area contributed by atoms with Crippen molar-refractivity contribution in [2.45, 2.75) is 50.2 Å². The molecule has 7 heteroatoms. The second-order valence-electron chi connectivity index (χ2n) is 6.04. The Morgan fingerprint density at radius 3 is 2.38 bits per heavy atom. The lowest BCUT2D eigenvalue weighted by atomic mass is 9.98. The molecule has 0 radical (unpaired) electrons. The predicted molar refractivity (Wildman–Crippen MR) is 77.6 cm³/mol. The van der Waals surface area contributed by atoms with Crippen molar-refractivity contribution in [2.75, 3.05) is 18.8 Å². The molecule has 0 aromatic rings. The van der Waals surface area contributed by atoms with Gasteiger partial charge < -0.3 is 10.0 Å². The minimum absolute atomic E-state index is 0.0226. The van der Waals surface area contributed by atoms with Gasteiger partial charge in [0, 0.05) is 19.5 Å². The van der Waals surface area contributed by atoms with Gasteiger partial charge in [0.25, 0.3) is 0 Å². The van der Waals surface area contributed by atoms with Gasteiger partial charge in [-0.3, -0.25) is 9.59 Å². The molecular formula is C14H23NO5S. The van der Waals surface area contributed by atoms with E-state index in [2.05, 4.69) is 0 Å². The van der Waals surface area contributed by atoms with E-state index >= 15 is 0 Å². The van der Waals surface area contributed by atoms with Gasteiger partial charge >= 0.3 is 5.97 Å². The van der Waals surface area contributed by atoms with Gasteiger partial charge in [0.15, 0.2) is 9.84 Å². The summed E-state index contributed by atoms with van der Waals surface area (Å²) in [4.78, 5) is 24.6. The van der Waals surface area contributed by atoms with Crippen LogP contribution in [-0.4, -0.2) is 54.4 Å². The third-order valence-electron chi connectivity index (χ3n) is 4.53. The van der Waals surface area contributed by atoms with Crippen LogP contribution >= 0.6 is 0 Å². The summed E-state index contributed by atoms with van der Waals surface area (Å²) in [6.45, 7) is 0.740. The topological polar surface area (TPSA) is 91.8 Å². The van der Waals surface area contributed by atoms with Crippen LogP contribution in [0.5, 0.6) is 0 Å². The fourth-order valence-corrected chi connectivity index (χ4v) is 5.05. The standard InChI is InChI=1S/C14H23NO5S/c16-13(15-8-3-4-11(10-15)14(17)18)7-9-21(19,20)12-5-1-2-6-12/h11-12H,1-10H2,(H,17,18)/t11-/m0/s1. The van der Waals surface area contributed by atoms with Crippen molar-refractivity contribution in [2.24, 2.45) is 5.92 Å². The molecule has 0 aromatic heterocycles. The van der Waals surface area contributed by atoms with Crippen molar-refractivity contribution < 1.29 is 23.1 Å². The van der Waals surface area contributed by atoms with Gasteiger partial charge in [-0.05, 0) is 25.7 Å². The molecular weight excluding hydrogens is 294 g/mol. The largest absolute Gasteiger partial charge is 0.481 e. The molecule has 2 aliphatic rings. The highest BCUT2D eigenvalue weighted by Crippen LogP contribution is 2.26. The molecule has 0 unspecified atom stereocenters. The Labute approximate surface area is 125 Å². The van der Waals surface area contributed by atoms with Crippen molar-refractivity contribution in [3.8, 4) is 0 Å².